The molecule has 2 heterocycles. The Hall–Kier alpha value is -3.44. The number of carboxylic acids is 1. The number of benzene rings is 2. The molecule has 40 heavy (non-hydrogen) atoms. The Morgan fingerprint density at radius 1 is 1.18 bits per heavy atom. The molecule has 7 nitrogen and oxygen atoms in total. The Kier molecular flexibility index (Phi) is 9.47. The summed E-state index contributed by atoms with van der Waals surface area (Å²) >= 11 is 0. The van der Waals surface area contributed by atoms with Crippen molar-refractivity contribution in [3.05, 3.63) is 65.1 Å². The first-order chi connectivity index (χ1) is 19.1. The van der Waals surface area contributed by atoms with E-state index in [0.29, 0.717) is 73.2 Å². The zero-order chi connectivity index (χ0) is 28.9. The number of anilines is 1. The predicted octanol–water partition coefficient (Wildman–Crippen LogP) is 5.61. The summed E-state index contributed by atoms with van der Waals surface area (Å²) in [7, 11) is 1.51. The van der Waals surface area contributed by atoms with Crippen LogP contribution in [-0.4, -0.2) is 59.4 Å². The highest BCUT2D eigenvalue weighted by molar-refractivity contribution is 5.85. The number of piperidine rings is 1. The number of likely N-dealkylation sites (tertiary alicyclic amines) is 1. The molecule has 0 saturated carbocycles. The summed E-state index contributed by atoms with van der Waals surface area (Å²) in [6.45, 7) is 1.66. The minimum absolute atomic E-state index is 0.0832. The second-order valence-electron chi connectivity index (χ2n) is 10.3. The normalized spacial score (nSPS) is 16.1. The molecule has 1 saturated heterocycles. The van der Waals surface area contributed by atoms with Crippen molar-refractivity contribution in [1.82, 2.24) is 9.88 Å². The van der Waals surface area contributed by atoms with Gasteiger partial charge >= 0.3 is 5.97 Å². The molecule has 1 atom stereocenters. The number of aromatic nitrogens is 1. The van der Waals surface area contributed by atoms with E-state index in [-0.39, 0.29) is 25.1 Å². The Morgan fingerprint density at radius 2 is 1.88 bits per heavy atom. The number of carboxylic acid groups (broad SMARTS) is 1. The van der Waals surface area contributed by atoms with Crippen LogP contribution in [0.3, 0.4) is 0 Å². The number of halogens is 4. The maximum Gasteiger partial charge on any atom is 0.303 e. The molecule has 1 fully saturated rings. The van der Waals surface area contributed by atoms with E-state index in [4.69, 9.17) is 4.74 Å². The standard InChI is InChI=1S/C29H33F4N3O4/c1-40-20-2-3-25-21(14-20)27(18(17-37)16-35-25)22(30)4-5-29(15-26(38)39)6-9-36(10-7-29)11-8-34-19-12-23(31)28(33)24(32)13-19/h2-3,12-14,16,22,34,37H,4-11,15,17H2,1H3,(H,38,39). The number of aliphatic carboxylic acids is 1. The van der Waals surface area contributed by atoms with Gasteiger partial charge in [-0.25, -0.2) is 17.6 Å². The van der Waals surface area contributed by atoms with Gasteiger partial charge in [0.05, 0.1) is 25.7 Å². The van der Waals surface area contributed by atoms with Gasteiger partial charge in [-0.15, -0.1) is 0 Å². The number of aliphatic hydroxyl groups excluding tert-OH is 1. The summed E-state index contributed by atoms with van der Waals surface area (Å²) in [5, 5.41) is 22.9. The number of fused-ring (bicyclic) bond motifs is 1. The number of nitrogens with one attached hydrogen (secondary N) is 1. The van der Waals surface area contributed by atoms with Crippen molar-refractivity contribution >= 4 is 22.6 Å². The highest BCUT2D eigenvalue weighted by Crippen LogP contribution is 2.43. The van der Waals surface area contributed by atoms with Crippen LogP contribution in [0, 0.1) is 22.9 Å². The molecule has 1 aliphatic rings. The van der Waals surface area contributed by atoms with E-state index in [0.717, 1.165) is 12.1 Å². The van der Waals surface area contributed by atoms with Gasteiger partial charge in [0.1, 0.15) is 11.9 Å². The number of nitrogens with zero attached hydrogens (tertiary/aromatic N) is 2. The van der Waals surface area contributed by atoms with Gasteiger partial charge < -0.3 is 25.2 Å². The lowest BCUT2D eigenvalue weighted by Crippen LogP contribution is -2.43. The van der Waals surface area contributed by atoms with Gasteiger partial charge in [-0.1, -0.05) is 0 Å². The van der Waals surface area contributed by atoms with E-state index in [1.165, 1.54) is 13.3 Å². The van der Waals surface area contributed by atoms with Gasteiger partial charge in [-0.05, 0) is 62.4 Å². The van der Waals surface area contributed by atoms with Crippen LogP contribution in [0.25, 0.3) is 10.9 Å². The molecule has 0 spiro atoms. The molecule has 3 aromatic rings. The average molecular weight is 564 g/mol. The van der Waals surface area contributed by atoms with Gasteiger partial charge in [-0.2, -0.15) is 0 Å². The number of hydrogen-bond acceptors (Lipinski definition) is 6. The van der Waals surface area contributed by atoms with Gasteiger partial charge in [0.15, 0.2) is 17.5 Å². The molecule has 216 valence electrons. The first-order valence-corrected chi connectivity index (χ1v) is 13.2. The average Bonchev–Trinajstić information content (AvgIpc) is 2.94. The molecule has 0 aliphatic carbocycles. The van der Waals surface area contributed by atoms with Crippen molar-refractivity contribution in [3.8, 4) is 5.75 Å². The third kappa shape index (κ3) is 6.82. The maximum atomic E-state index is 15.9. The van der Waals surface area contributed by atoms with Crippen molar-refractivity contribution in [2.45, 2.75) is 44.9 Å². The van der Waals surface area contributed by atoms with Crippen LogP contribution in [-0.2, 0) is 11.4 Å². The van der Waals surface area contributed by atoms with Crippen LogP contribution in [0.1, 0.15) is 49.4 Å². The van der Waals surface area contributed by atoms with E-state index in [1.807, 2.05) is 0 Å². The van der Waals surface area contributed by atoms with E-state index >= 15 is 4.39 Å². The molecule has 0 radical (unpaired) electrons. The van der Waals surface area contributed by atoms with Crippen molar-refractivity contribution in [3.63, 3.8) is 0 Å². The van der Waals surface area contributed by atoms with Crippen LogP contribution >= 0.6 is 0 Å². The molecule has 1 aromatic heterocycles. The fraction of sp³-hybridized carbons (Fsp3) is 0.448. The largest absolute Gasteiger partial charge is 0.497 e. The number of alkyl halides is 1. The fourth-order valence-electron chi connectivity index (χ4n) is 5.54. The van der Waals surface area contributed by atoms with Gasteiger partial charge in [0, 0.05) is 53.6 Å². The number of rotatable bonds is 12. The Bertz CT molecular complexity index is 1320. The smallest absolute Gasteiger partial charge is 0.303 e. The third-order valence-electron chi connectivity index (χ3n) is 7.79. The molecule has 4 rings (SSSR count). The molecule has 1 aliphatic heterocycles. The fourth-order valence-corrected chi connectivity index (χ4v) is 5.54. The topological polar surface area (TPSA) is 94.9 Å². The van der Waals surface area contributed by atoms with Crippen LogP contribution in [0.2, 0.25) is 0 Å². The molecule has 2 aromatic carbocycles. The summed E-state index contributed by atoms with van der Waals surface area (Å²) in [5.74, 6) is -4.46. The molecule has 0 bridgehead atoms. The first kappa shape index (κ1) is 29.5. The molecule has 3 N–H and O–H groups in total. The zero-order valence-corrected chi connectivity index (χ0v) is 22.2. The van der Waals surface area contributed by atoms with Gasteiger partial charge in [0.25, 0.3) is 0 Å². The second kappa shape index (κ2) is 12.8. The third-order valence-corrected chi connectivity index (χ3v) is 7.79. The molecule has 0 amide bonds. The van der Waals surface area contributed by atoms with E-state index in [1.54, 1.807) is 18.2 Å². The molecular formula is C29H33F4N3O4. The lowest BCUT2D eigenvalue weighted by Gasteiger charge is -2.41. The Balaban J connectivity index is 1.40. The Morgan fingerprint density at radius 3 is 2.50 bits per heavy atom. The van der Waals surface area contributed by atoms with Crippen LogP contribution in [0.4, 0.5) is 23.2 Å². The monoisotopic (exact) mass is 563 g/mol. The number of pyridine rings is 1. The molecular weight excluding hydrogens is 530 g/mol. The van der Waals surface area contributed by atoms with Crippen LogP contribution < -0.4 is 10.1 Å². The Labute approximate surface area is 229 Å². The SMILES string of the molecule is COc1ccc2ncc(CO)c(C(F)CCC3(CC(=O)O)CCN(CCNc4cc(F)c(F)c(F)c4)CC3)c2c1. The maximum absolute atomic E-state index is 15.9. The van der Waals surface area contributed by atoms with Crippen LogP contribution in [0.5, 0.6) is 5.75 Å². The minimum Gasteiger partial charge on any atom is -0.497 e. The molecule has 11 heteroatoms. The van der Waals surface area contributed by atoms with Crippen LogP contribution in [0.15, 0.2) is 36.5 Å². The summed E-state index contributed by atoms with van der Waals surface area (Å²) in [6.07, 6.45) is 1.46. The summed E-state index contributed by atoms with van der Waals surface area (Å²) in [5.41, 5.74) is 0.830. The number of aliphatic hydroxyl groups is 1. The quantitative estimate of drug-likeness (QED) is 0.195. The van der Waals surface area contributed by atoms with E-state index in [9.17, 15) is 28.2 Å². The lowest BCUT2D eigenvalue weighted by molar-refractivity contribution is -0.141. The number of methoxy groups -OCH3 is 1. The first-order valence-electron chi connectivity index (χ1n) is 13.2. The summed E-state index contributed by atoms with van der Waals surface area (Å²) in [6, 6.07) is 6.93. The molecule has 1 unspecified atom stereocenters. The van der Waals surface area contributed by atoms with Gasteiger partial charge in [0.2, 0.25) is 0 Å². The lowest BCUT2D eigenvalue weighted by atomic mass is 9.71. The highest BCUT2D eigenvalue weighted by Gasteiger charge is 2.37. The summed E-state index contributed by atoms with van der Waals surface area (Å²) in [4.78, 5) is 18.2. The van der Waals surface area contributed by atoms with Crippen molar-refractivity contribution in [2.75, 3.05) is 38.6 Å². The second-order valence-corrected chi connectivity index (χ2v) is 10.3. The number of ether oxygens (including phenoxy) is 1. The van der Waals surface area contributed by atoms with Crippen molar-refractivity contribution in [2.24, 2.45) is 5.41 Å². The number of hydrogen-bond donors (Lipinski definition) is 3. The zero-order valence-electron chi connectivity index (χ0n) is 22.2. The predicted molar refractivity (Wildman–Crippen MR) is 142 cm³/mol. The van der Waals surface area contributed by atoms with Crippen molar-refractivity contribution < 1.29 is 37.3 Å². The van der Waals surface area contributed by atoms with E-state index in [2.05, 4.69) is 15.2 Å². The highest BCUT2D eigenvalue weighted by atomic mass is 19.2. The summed E-state index contributed by atoms with van der Waals surface area (Å²) < 4.78 is 61.2. The van der Waals surface area contributed by atoms with Gasteiger partial charge in [-0.3, -0.25) is 9.78 Å². The number of carbonyl (C=O) groups is 1. The van der Waals surface area contributed by atoms with Crippen molar-refractivity contribution in [1.29, 1.82) is 0 Å². The van der Waals surface area contributed by atoms with E-state index < -0.39 is 35.0 Å². The minimum atomic E-state index is -1.52.